The predicted octanol–water partition coefficient (Wildman–Crippen LogP) is 2.56. The van der Waals surface area contributed by atoms with Gasteiger partial charge in [0.25, 0.3) is 11.8 Å². The molecule has 28 heavy (non-hydrogen) atoms. The Morgan fingerprint density at radius 3 is 2.54 bits per heavy atom. The molecular weight excluding hydrogens is 384 g/mol. The van der Waals surface area contributed by atoms with Crippen molar-refractivity contribution in [1.82, 2.24) is 15.1 Å². The van der Waals surface area contributed by atoms with Crippen molar-refractivity contribution in [1.29, 1.82) is 0 Å². The number of rotatable bonds is 7. The molecule has 0 saturated carbocycles. The zero-order valence-electron chi connectivity index (χ0n) is 16.2. The lowest BCUT2D eigenvalue weighted by atomic mass is 10.1. The number of carbonyl (C=O) groups is 3. The second kappa shape index (κ2) is 9.36. The number of esters is 1. The normalized spacial score (nSPS) is 10.6. The molecule has 2 N–H and O–H groups in total. The summed E-state index contributed by atoms with van der Waals surface area (Å²) < 4.78 is 6.37. The highest BCUT2D eigenvalue weighted by molar-refractivity contribution is 6.32. The summed E-state index contributed by atoms with van der Waals surface area (Å²) in [6.45, 7) is 5.58. The fourth-order valence-corrected chi connectivity index (χ4v) is 2.69. The molecule has 150 valence electrons. The minimum absolute atomic E-state index is 0.116. The monoisotopic (exact) mass is 406 g/mol. The summed E-state index contributed by atoms with van der Waals surface area (Å²) in [7, 11) is 1.60. The third kappa shape index (κ3) is 5.32. The van der Waals surface area contributed by atoms with E-state index in [0.29, 0.717) is 29.4 Å². The number of nitrogens with one attached hydrogen (secondary N) is 2. The Labute approximate surface area is 168 Å². The number of carbonyl (C=O) groups excluding carboxylic acids is 3. The molecule has 2 rings (SSSR count). The average Bonchev–Trinajstić information content (AvgIpc) is 2.90. The van der Waals surface area contributed by atoms with Crippen LogP contribution in [0.5, 0.6) is 0 Å². The molecule has 0 atom stereocenters. The predicted molar refractivity (Wildman–Crippen MR) is 105 cm³/mol. The van der Waals surface area contributed by atoms with Crippen molar-refractivity contribution in [3.63, 3.8) is 0 Å². The van der Waals surface area contributed by atoms with Gasteiger partial charge in [-0.05, 0) is 25.0 Å². The molecule has 2 aromatic rings. The molecule has 2 amide bonds. The third-order valence-corrected chi connectivity index (χ3v) is 4.24. The van der Waals surface area contributed by atoms with Gasteiger partial charge in [0.2, 0.25) is 0 Å². The number of hydrogen-bond acceptors (Lipinski definition) is 5. The molecule has 0 saturated heterocycles. The van der Waals surface area contributed by atoms with Gasteiger partial charge in [-0.2, -0.15) is 5.10 Å². The first-order chi connectivity index (χ1) is 13.2. The number of halogens is 1. The number of aromatic nitrogens is 2. The van der Waals surface area contributed by atoms with E-state index in [2.05, 4.69) is 15.7 Å². The van der Waals surface area contributed by atoms with Crippen LogP contribution in [0.1, 0.15) is 40.3 Å². The Morgan fingerprint density at radius 2 is 1.93 bits per heavy atom. The molecule has 9 heteroatoms. The Morgan fingerprint density at radius 1 is 1.25 bits per heavy atom. The Kier molecular flexibility index (Phi) is 7.17. The highest BCUT2D eigenvalue weighted by atomic mass is 35.5. The number of anilines is 1. The molecule has 0 radical (unpaired) electrons. The molecule has 0 aliphatic heterocycles. The van der Waals surface area contributed by atoms with Gasteiger partial charge >= 0.3 is 5.97 Å². The van der Waals surface area contributed by atoms with E-state index >= 15 is 0 Å². The number of para-hydroxylation sites is 1. The SMILES string of the molecule is Cc1nn(C)c(Cl)c1C(=O)OCC(=O)Nc1ccccc1C(=O)NCC(C)C. The van der Waals surface area contributed by atoms with Crippen LogP contribution in [-0.4, -0.2) is 40.7 Å². The van der Waals surface area contributed by atoms with Crippen LogP contribution in [0.2, 0.25) is 5.15 Å². The minimum Gasteiger partial charge on any atom is -0.452 e. The topological polar surface area (TPSA) is 102 Å². The molecule has 1 aromatic carbocycles. The summed E-state index contributed by atoms with van der Waals surface area (Å²) >= 11 is 6.02. The van der Waals surface area contributed by atoms with Gasteiger partial charge in [-0.15, -0.1) is 0 Å². The highest BCUT2D eigenvalue weighted by Crippen LogP contribution is 2.20. The van der Waals surface area contributed by atoms with Crippen molar-refractivity contribution in [3.05, 3.63) is 46.2 Å². The summed E-state index contributed by atoms with van der Waals surface area (Å²) in [6.07, 6.45) is 0. The van der Waals surface area contributed by atoms with Crippen LogP contribution in [0.4, 0.5) is 5.69 Å². The maximum Gasteiger partial charge on any atom is 0.343 e. The Bertz CT molecular complexity index is 892. The lowest BCUT2D eigenvalue weighted by Gasteiger charge is -2.12. The fraction of sp³-hybridized carbons (Fsp3) is 0.368. The van der Waals surface area contributed by atoms with Crippen LogP contribution in [0.3, 0.4) is 0 Å². The van der Waals surface area contributed by atoms with E-state index in [4.69, 9.17) is 16.3 Å². The quantitative estimate of drug-likeness (QED) is 0.688. The summed E-state index contributed by atoms with van der Waals surface area (Å²) in [5, 5.41) is 9.55. The van der Waals surface area contributed by atoms with Crippen molar-refractivity contribution in [2.75, 3.05) is 18.5 Å². The molecule has 1 aromatic heterocycles. The number of hydrogen-bond donors (Lipinski definition) is 2. The van der Waals surface area contributed by atoms with Crippen LogP contribution in [0.25, 0.3) is 0 Å². The maximum absolute atomic E-state index is 12.3. The lowest BCUT2D eigenvalue weighted by Crippen LogP contribution is -2.29. The number of benzene rings is 1. The second-order valence-corrected chi connectivity index (χ2v) is 7.01. The summed E-state index contributed by atoms with van der Waals surface area (Å²) in [6, 6.07) is 6.61. The van der Waals surface area contributed by atoms with Crippen molar-refractivity contribution >= 4 is 35.1 Å². The smallest absolute Gasteiger partial charge is 0.343 e. The Balaban J connectivity index is 2.00. The van der Waals surface area contributed by atoms with E-state index in [0.717, 1.165) is 0 Å². The van der Waals surface area contributed by atoms with Crippen molar-refractivity contribution < 1.29 is 19.1 Å². The number of amides is 2. The molecule has 0 bridgehead atoms. The zero-order valence-corrected chi connectivity index (χ0v) is 17.0. The highest BCUT2D eigenvalue weighted by Gasteiger charge is 2.21. The maximum atomic E-state index is 12.3. The van der Waals surface area contributed by atoms with Gasteiger partial charge in [0.1, 0.15) is 10.7 Å². The van der Waals surface area contributed by atoms with E-state index in [1.165, 1.54) is 4.68 Å². The molecule has 0 spiro atoms. The van der Waals surface area contributed by atoms with E-state index in [9.17, 15) is 14.4 Å². The third-order valence-electron chi connectivity index (χ3n) is 3.81. The van der Waals surface area contributed by atoms with Gasteiger partial charge in [-0.3, -0.25) is 14.3 Å². The van der Waals surface area contributed by atoms with Crippen LogP contribution in [0.15, 0.2) is 24.3 Å². The molecule has 0 aliphatic rings. The largest absolute Gasteiger partial charge is 0.452 e. The molecule has 8 nitrogen and oxygen atoms in total. The van der Waals surface area contributed by atoms with Crippen LogP contribution in [-0.2, 0) is 16.6 Å². The number of ether oxygens (including phenoxy) is 1. The fourth-order valence-electron chi connectivity index (χ4n) is 2.43. The van der Waals surface area contributed by atoms with E-state index in [1.54, 1.807) is 38.2 Å². The molecular formula is C19H23ClN4O4. The summed E-state index contributed by atoms with van der Waals surface area (Å²) in [5.41, 5.74) is 1.19. The molecule has 1 heterocycles. The number of aryl methyl sites for hydroxylation is 2. The van der Waals surface area contributed by atoms with Gasteiger partial charge < -0.3 is 15.4 Å². The lowest BCUT2D eigenvalue weighted by molar-refractivity contribution is -0.119. The number of nitrogens with zero attached hydrogens (tertiary/aromatic N) is 2. The molecule has 0 fully saturated rings. The van der Waals surface area contributed by atoms with Crippen molar-refractivity contribution in [2.45, 2.75) is 20.8 Å². The summed E-state index contributed by atoms with van der Waals surface area (Å²) in [5.74, 6) is -1.31. The van der Waals surface area contributed by atoms with Gasteiger partial charge in [-0.1, -0.05) is 37.6 Å². The standard InChI is InChI=1S/C19H23ClN4O4/c1-11(2)9-21-18(26)13-7-5-6-8-14(13)22-15(25)10-28-19(27)16-12(3)23-24(4)17(16)20/h5-8,11H,9-10H2,1-4H3,(H,21,26)(H,22,25). The van der Waals surface area contributed by atoms with Gasteiger partial charge in [-0.25, -0.2) is 4.79 Å². The second-order valence-electron chi connectivity index (χ2n) is 6.65. The van der Waals surface area contributed by atoms with Crippen LogP contribution >= 0.6 is 11.6 Å². The van der Waals surface area contributed by atoms with Crippen molar-refractivity contribution in [2.24, 2.45) is 13.0 Å². The van der Waals surface area contributed by atoms with Crippen molar-refractivity contribution in [3.8, 4) is 0 Å². The molecule has 0 aliphatic carbocycles. The van der Waals surface area contributed by atoms with E-state index in [1.807, 2.05) is 13.8 Å². The Hall–Kier alpha value is -2.87. The van der Waals surface area contributed by atoms with E-state index < -0.39 is 18.5 Å². The average molecular weight is 407 g/mol. The summed E-state index contributed by atoms with van der Waals surface area (Å²) in [4.78, 5) is 36.7. The van der Waals surface area contributed by atoms with Crippen LogP contribution < -0.4 is 10.6 Å². The first-order valence-corrected chi connectivity index (χ1v) is 9.11. The zero-order chi connectivity index (χ0) is 20.8. The minimum atomic E-state index is -0.742. The van der Waals surface area contributed by atoms with Gasteiger partial charge in [0, 0.05) is 13.6 Å². The van der Waals surface area contributed by atoms with E-state index in [-0.39, 0.29) is 16.6 Å². The molecule has 0 unspecified atom stereocenters. The first kappa shape index (κ1) is 21.4. The first-order valence-electron chi connectivity index (χ1n) is 8.74. The van der Waals surface area contributed by atoms with Gasteiger partial charge in [0.15, 0.2) is 6.61 Å². The van der Waals surface area contributed by atoms with Crippen LogP contribution in [0, 0.1) is 12.8 Å². The van der Waals surface area contributed by atoms with Gasteiger partial charge in [0.05, 0.1) is 16.9 Å².